The van der Waals surface area contributed by atoms with Crippen LogP contribution in [0.15, 0.2) is 6.07 Å². The molecular formula is C10H13F2N3O3. The molecule has 100 valence electrons. The third-order valence-electron chi connectivity index (χ3n) is 2.49. The van der Waals surface area contributed by atoms with Gasteiger partial charge in [-0.2, -0.15) is 5.10 Å². The van der Waals surface area contributed by atoms with Crippen molar-refractivity contribution in [1.82, 2.24) is 9.78 Å². The molecule has 8 heteroatoms. The van der Waals surface area contributed by atoms with E-state index in [1.807, 2.05) is 0 Å². The van der Waals surface area contributed by atoms with Crippen molar-refractivity contribution in [3.63, 3.8) is 0 Å². The molecule has 0 aliphatic carbocycles. The van der Waals surface area contributed by atoms with Crippen molar-refractivity contribution in [2.75, 3.05) is 13.2 Å². The predicted octanol–water partition coefficient (Wildman–Crippen LogP) is 0.415. The molecule has 0 bridgehead atoms. The lowest BCUT2D eigenvalue weighted by Gasteiger charge is -2.09. The minimum absolute atomic E-state index is 0.150. The number of primary amides is 1. The number of alkyl halides is 2. The quantitative estimate of drug-likeness (QED) is 0.752. The Bertz CT molecular complexity index is 413. The number of hydrogen-bond acceptors (Lipinski definition) is 4. The number of fused-ring (bicyclic) bond motifs is 1. The maximum Gasteiger partial charge on any atom is 0.269 e. The molecule has 0 fully saturated rings. The van der Waals surface area contributed by atoms with Gasteiger partial charge < -0.3 is 15.2 Å². The molecule has 1 aliphatic rings. The Kier molecular flexibility index (Phi) is 3.75. The van der Waals surface area contributed by atoms with Gasteiger partial charge in [-0.3, -0.25) is 4.79 Å². The van der Waals surface area contributed by atoms with E-state index in [1.165, 1.54) is 10.7 Å². The molecule has 1 aliphatic heterocycles. The lowest BCUT2D eigenvalue weighted by Crippen LogP contribution is -2.20. The molecule has 0 aromatic carbocycles. The van der Waals surface area contributed by atoms with E-state index in [0.717, 1.165) is 0 Å². The van der Waals surface area contributed by atoms with E-state index in [2.05, 4.69) is 5.10 Å². The number of carbonyl (C=O) groups excluding carboxylic acids is 1. The predicted molar refractivity (Wildman–Crippen MR) is 56.6 cm³/mol. The van der Waals surface area contributed by atoms with Gasteiger partial charge in [0.25, 0.3) is 12.3 Å². The fourth-order valence-electron chi connectivity index (χ4n) is 1.68. The van der Waals surface area contributed by atoms with E-state index < -0.39 is 18.9 Å². The van der Waals surface area contributed by atoms with Crippen LogP contribution >= 0.6 is 0 Å². The molecule has 0 saturated heterocycles. The van der Waals surface area contributed by atoms with Crippen LogP contribution in [0, 0.1) is 0 Å². The first kappa shape index (κ1) is 12.7. The van der Waals surface area contributed by atoms with Crippen LogP contribution in [0.1, 0.15) is 16.9 Å². The van der Waals surface area contributed by atoms with E-state index in [9.17, 15) is 13.6 Å². The van der Waals surface area contributed by atoms with E-state index in [4.69, 9.17) is 15.2 Å². The van der Waals surface area contributed by atoms with Crippen LogP contribution in [0.25, 0.3) is 0 Å². The van der Waals surface area contributed by atoms with Crippen molar-refractivity contribution in [2.45, 2.75) is 25.5 Å². The summed E-state index contributed by atoms with van der Waals surface area (Å²) >= 11 is 0. The molecule has 6 nitrogen and oxygen atoms in total. The second-order valence-electron chi connectivity index (χ2n) is 3.91. The van der Waals surface area contributed by atoms with Gasteiger partial charge in [0.1, 0.15) is 12.7 Å². The van der Waals surface area contributed by atoms with Gasteiger partial charge in [0.15, 0.2) is 5.69 Å². The molecule has 2 heterocycles. The fourth-order valence-corrected chi connectivity index (χ4v) is 1.68. The molecule has 1 unspecified atom stereocenters. The van der Waals surface area contributed by atoms with Gasteiger partial charge in [0.05, 0.1) is 13.2 Å². The van der Waals surface area contributed by atoms with Crippen molar-refractivity contribution in [2.24, 2.45) is 5.73 Å². The van der Waals surface area contributed by atoms with Gasteiger partial charge >= 0.3 is 0 Å². The summed E-state index contributed by atoms with van der Waals surface area (Å²) in [5, 5.41) is 3.95. The normalized spacial score (nSPS) is 17.8. The summed E-state index contributed by atoms with van der Waals surface area (Å²) in [5.41, 5.74) is 5.22. The van der Waals surface area contributed by atoms with Gasteiger partial charge in [-0.15, -0.1) is 0 Å². The largest absolute Gasteiger partial charge is 0.472 e. The Morgan fingerprint density at radius 3 is 3.11 bits per heavy atom. The number of nitrogens with zero attached hydrogens (tertiary/aromatic N) is 2. The molecule has 1 atom stereocenters. The average Bonchev–Trinajstić information content (AvgIpc) is 2.81. The maximum absolute atomic E-state index is 11.8. The van der Waals surface area contributed by atoms with Crippen molar-refractivity contribution < 1.29 is 23.0 Å². The molecule has 1 aromatic heterocycles. The van der Waals surface area contributed by atoms with Crippen molar-refractivity contribution in [3.8, 4) is 5.88 Å². The highest BCUT2D eigenvalue weighted by atomic mass is 19.3. The summed E-state index contributed by atoms with van der Waals surface area (Å²) in [6.07, 6.45) is -2.14. The van der Waals surface area contributed by atoms with E-state index >= 15 is 0 Å². The minimum atomic E-state index is -2.46. The average molecular weight is 261 g/mol. The van der Waals surface area contributed by atoms with Crippen LogP contribution < -0.4 is 10.5 Å². The van der Waals surface area contributed by atoms with Gasteiger partial charge in [-0.1, -0.05) is 0 Å². The number of ether oxygens (including phenoxy) is 2. The smallest absolute Gasteiger partial charge is 0.269 e. The Labute approximate surface area is 102 Å². The zero-order chi connectivity index (χ0) is 13.1. The van der Waals surface area contributed by atoms with Crippen LogP contribution in [-0.2, 0) is 11.3 Å². The zero-order valence-corrected chi connectivity index (χ0v) is 9.51. The molecule has 0 radical (unpaired) electrons. The molecule has 2 N–H and O–H groups in total. The standard InChI is InChI=1S/C10H13F2N3O3/c11-8(12)5-17-2-1-6-4-15-9(18-6)3-7(14-15)10(13)16/h3,6,8H,1-2,4-5H2,(H2,13,16). The van der Waals surface area contributed by atoms with Gasteiger partial charge in [-0.25, -0.2) is 13.5 Å². The second-order valence-corrected chi connectivity index (χ2v) is 3.91. The Hall–Kier alpha value is -1.70. The van der Waals surface area contributed by atoms with Crippen LogP contribution in [0.3, 0.4) is 0 Å². The van der Waals surface area contributed by atoms with Crippen molar-refractivity contribution in [3.05, 3.63) is 11.8 Å². The highest BCUT2D eigenvalue weighted by molar-refractivity contribution is 5.91. The van der Waals surface area contributed by atoms with E-state index in [0.29, 0.717) is 18.8 Å². The number of hydrogen-bond donors (Lipinski definition) is 1. The fraction of sp³-hybridized carbons (Fsp3) is 0.600. The lowest BCUT2D eigenvalue weighted by molar-refractivity contribution is 0.00870. The number of nitrogens with two attached hydrogens (primary N) is 1. The van der Waals surface area contributed by atoms with Gasteiger partial charge in [0, 0.05) is 12.5 Å². The number of halogens is 2. The summed E-state index contributed by atoms with van der Waals surface area (Å²) in [6.45, 7) is 0.0896. The van der Waals surface area contributed by atoms with Crippen molar-refractivity contribution >= 4 is 5.91 Å². The Morgan fingerprint density at radius 2 is 2.50 bits per heavy atom. The number of amides is 1. The van der Waals surface area contributed by atoms with Crippen LogP contribution in [0.2, 0.25) is 0 Å². The van der Waals surface area contributed by atoms with E-state index in [1.54, 1.807) is 0 Å². The summed E-state index contributed by atoms with van der Waals surface area (Å²) < 4.78 is 35.4. The monoisotopic (exact) mass is 261 g/mol. The molecular weight excluding hydrogens is 248 g/mol. The lowest BCUT2D eigenvalue weighted by atomic mass is 10.3. The molecule has 2 rings (SSSR count). The summed E-state index contributed by atoms with van der Waals surface area (Å²) in [4.78, 5) is 10.9. The molecule has 0 spiro atoms. The maximum atomic E-state index is 11.8. The third-order valence-corrected chi connectivity index (χ3v) is 2.49. The molecule has 18 heavy (non-hydrogen) atoms. The van der Waals surface area contributed by atoms with E-state index in [-0.39, 0.29) is 18.4 Å². The topological polar surface area (TPSA) is 79.4 Å². The minimum Gasteiger partial charge on any atom is -0.472 e. The first-order valence-corrected chi connectivity index (χ1v) is 5.46. The van der Waals surface area contributed by atoms with Crippen molar-refractivity contribution in [1.29, 1.82) is 0 Å². The first-order valence-electron chi connectivity index (χ1n) is 5.46. The third kappa shape index (κ3) is 2.95. The first-order chi connectivity index (χ1) is 8.56. The SMILES string of the molecule is NC(=O)c1cc2n(n1)CC(CCOCC(F)F)O2. The van der Waals surface area contributed by atoms with Crippen LogP contribution in [0.5, 0.6) is 5.88 Å². The number of aromatic nitrogens is 2. The summed E-state index contributed by atoms with van der Waals surface area (Å²) in [5.74, 6) is -0.153. The number of carbonyl (C=O) groups is 1. The summed E-state index contributed by atoms with van der Waals surface area (Å²) in [6, 6.07) is 1.46. The van der Waals surface area contributed by atoms with Crippen LogP contribution in [-0.4, -0.2) is 41.4 Å². The second kappa shape index (κ2) is 5.30. The highest BCUT2D eigenvalue weighted by Crippen LogP contribution is 2.23. The molecule has 0 saturated carbocycles. The Balaban J connectivity index is 1.77. The zero-order valence-electron chi connectivity index (χ0n) is 9.51. The van der Waals surface area contributed by atoms with Crippen LogP contribution in [0.4, 0.5) is 8.78 Å². The van der Waals surface area contributed by atoms with Gasteiger partial charge in [0.2, 0.25) is 5.88 Å². The number of rotatable bonds is 6. The highest BCUT2D eigenvalue weighted by Gasteiger charge is 2.25. The Morgan fingerprint density at radius 1 is 1.72 bits per heavy atom. The van der Waals surface area contributed by atoms with Gasteiger partial charge in [-0.05, 0) is 0 Å². The molecule has 1 aromatic rings. The summed E-state index contributed by atoms with van der Waals surface area (Å²) in [7, 11) is 0. The molecule has 1 amide bonds.